The zero-order valence-corrected chi connectivity index (χ0v) is 13.8. The zero-order chi connectivity index (χ0) is 20.2. The number of esters is 1. The lowest BCUT2D eigenvalue weighted by atomic mass is 10.1. The highest BCUT2D eigenvalue weighted by Crippen LogP contribution is 2.29. The number of nitro groups is 1. The first-order valence-corrected chi connectivity index (χ1v) is 7.51. The van der Waals surface area contributed by atoms with E-state index >= 15 is 0 Å². The minimum absolute atomic E-state index is 0.141. The molecule has 7 nitrogen and oxygen atoms in total. The van der Waals surface area contributed by atoms with E-state index in [0.717, 1.165) is 24.3 Å². The molecule has 1 unspecified atom stereocenters. The van der Waals surface area contributed by atoms with E-state index < -0.39 is 34.6 Å². The molecule has 142 valence electrons. The fourth-order valence-corrected chi connectivity index (χ4v) is 1.99. The van der Waals surface area contributed by atoms with Gasteiger partial charge in [0.1, 0.15) is 0 Å². The predicted molar refractivity (Wildman–Crippen MR) is 88.0 cm³/mol. The number of ether oxygens (including phenoxy) is 1. The normalized spacial score (nSPS) is 12.1. The maximum atomic E-state index is 12.5. The fraction of sp³-hybridized carbons (Fsp3) is 0.176. The first kappa shape index (κ1) is 19.9. The third-order valence-corrected chi connectivity index (χ3v) is 3.45. The highest BCUT2D eigenvalue weighted by atomic mass is 19.4. The Morgan fingerprint density at radius 3 is 2.11 bits per heavy atom. The van der Waals surface area contributed by atoms with E-state index in [0.29, 0.717) is 0 Å². The second-order valence-corrected chi connectivity index (χ2v) is 5.42. The number of carbonyl (C=O) groups excluding carboxylic acids is 2. The third kappa shape index (κ3) is 5.27. The topological polar surface area (TPSA) is 98.5 Å². The van der Waals surface area contributed by atoms with Crippen molar-refractivity contribution in [2.24, 2.45) is 0 Å². The van der Waals surface area contributed by atoms with Crippen molar-refractivity contribution in [2.75, 3.05) is 5.32 Å². The number of carbonyl (C=O) groups is 2. The van der Waals surface area contributed by atoms with Crippen LogP contribution in [0.25, 0.3) is 0 Å². The molecule has 0 fully saturated rings. The van der Waals surface area contributed by atoms with E-state index in [2.05, 4.69) is 5.32 Å². The maximum absolute atomic E-state index is 12.5. The number of nitro benzene ring substituents is 1. The summed E-state index contributed by atoms with van der Waals surface area (Å²) < 4.78 is 42.4. The van der Waals surface area contributed by atoms with Gasteiger partial charge >= 0.3 is 12.1 Å². The second-order valence-electron chi connectivity index (χ2n) is 5.42. The van der Waals surface area contributed by atoms with Crippen LogP contribution in [0.2, 0.25) is 0 Å². The summed E-state index contributed by atoms with van der Waals surface area (Å²) in [5.74, 6) is -1.67. The monoisotopic (exact) mass is 382 g/mol. The van der Waals surface area contributed by atoms with Crippen LogP contribution in [-0.2, 0) is 15.7 Å². The van der Waals surface area contributed by atoms with Crippen molar-refractivity contribution in [2.45, 2.75) is 19.2 Å². The lowest BCUT2D eigenvalue weighted by Gasteiger charge is -2.14. The van der Waals surface area contributed by atoms with Crippen molar-refractivity contribution < 1.29 is 32.4 Å². The van der Waals surface area contributed by atoms with Gasteiger partial charge in [0.15, 0.2) is 6.10 Å². The van der Waals surface area contributed by atoms with Crippen LogP contribution >= 0.6 is 0 Å². The SMILES string of the molecule is CC(OC(=O)c1ccc(C(F)(F)F)cc1)C(=O)Nc1ccc([N+](=O)[O-])cc1. The highest BCUT2D eigenvalue weighted by Gasteiger charge is 2.30. The number of hydrogen-bond acceptors (Lipinski definition) is 5. The van der Waals surface area contributed by atoms with E-state index in [4.69, 9.17) is 4.74 Å². The first-order chi connectivity index (χ1) is 12.6. The van der Waals surface area contributed by atoms with Crippen molar-refractivity contribution in [3.8, 4) is 0 Å². The summed E-state index contributed by atoms with van der Waals surface area (Å²) in [7, 11) is 0. The second kappa shape index (κ2) is 7.85. The lowest BCUT2D eigenvalue weighted by molar-refractivity contribution is -0.384. The molecule has 0 aromatic heterocycles. The van der Waals surface area contributed by atoms with Crippen molar-refractivity contribution in [1.82, 2.24) is 0 Å². The first-order valence-electron chi connectivity index (χ1n) is 7.51. The molecule has 0 radical (unpaired) electrons. The third-order valence-electron chi connectivity index (χ3n) is 3.45. The van der Waals surface area contributed by atoms with E-state index in [1.54, 1.807) is 0 Å². The molecule has 2 aromatic carbocycles. The summed E-state index contributed by atoms with van der Waals surface area (Å²) in [4.78, 5) is 33.9. The van der Waals surface area contributed by atoms with Crippen molar-refractivity contribution in [1.29, 1.82) is 0 Å². The summed E-state index contributed by atoms with van der Waals surface area (Å²) in [5.41, 5.74) is -0.959. The average molecular weight is 382 g/mol. The van der Waals surface area contributed by atoms with Gasteiger partial charge in [0, 0.05) is 17.8 Å². The van der Waals surface area contributed by atoms with Gasteiger partial charge in [-0.3, -0.25) is 14.9 Å². The fourth-order valence-electron chi connectivity index (χ4n) is 1.99. The molecule has 10 heteroatoms. The Bertz CT molecular complexity index is 848. The summed E-state index contributed by atoms with van der Waals surface area (Å²) in [5, 5.41) is 13.0. The molecular weight excluding hydrogens is 369 g/mol. The van der Waals surface area contributed by atoms with Crippen LogP contribution in [0.15, 0.2) is 48.5 Å². The van der Waals surface area contributed by atoms with E-state index in [1.807, 2.05) is 0 Å². The Hall–Kier alpha value is -3.43. The molecule has 27 heavy (non-hydrogen) atoms. The van der Waals surface area contributed by atoms with E-state index in [-0.39, 0.29) is 16.9 Å². The number of anilines is 1. The molecule has 0 saturated heterocycles. The number of nitrogens with one attached hydrogen (secondary N) is 1. The minimum atomic E-state index is -4.53. The van der Waals surface area contributed by atoms with Gasteiger partial charge in [-0.2, -0.15) is 13.2 Å². The molecule has 0 aliphatic rings. The minimum Gasteiger partial charge on any atom is -0.449 e. The van der Waals surface area contributed by atoms with Crippen LogP contribution in [0.5, 0.6) is 0 Å². The quantitative estimate of drug-likeness (QED) is 0.482. The van der Waals surface area contributed by atoms with Crippen molar-refractivity contribution in [3.05, 3.63) is 69.8 Å². The van der Waals surface area contributed by atoms with E-state index in [9.17, 15) is 32.9 Å². The number of rotatable bonds is 5. The standard InChI is InChI=1S/C17H13F3N2O5/c1-10(15(23)21-13-6-8-14(9-7-13)22(25)26)27-16(24)11-2-4-12(5-3-11)17(18,19)20/h2-10H,1H3,(H,21,23). The zero-order valence-electron chi connectivity index (χ0n) is 13.8. The summed E-state index contributed by atoms with van der Waals surface area (Å²) in [6.45, 7) is 1.28. The van der Waals surface area contributed by atoms with Crippen molar-refractivity contribution in [3.63, 3.8) is 0 Å². The molecule has 0 saturated carbocycles. The van der Waals surface area contributed by atoms with Gasteiger partial charge in [0.2, 0.25) is 0 Å². The number of hydrogen-bond donors (Lipinski definition) is 1. The van der Waals surface area contributed by atoms with Crippen LogP contribution in [0.3, 0.4) is 0 Å². The number of benzene rings is 2. The summed E-state index contributed by atoms with van der Waals surface area (Å²) in [6, 6.07) is 8.36. The molecule has 1 N–H and O–H groups in total. The van der Waals surface area contributed by atoms with Gasteiger partial charge < -0.3 is 10.1 Å². The Balaban J connectivity index is 1.97. The van der Waals surface area contributed by atoms with Gasteiger partial charge in [0.05, 0.1) is 16.1 Å². The molecular formula is C17H13F3N2O5. The van der Waals surface area contributed by atoms with E-state index in [1.165, 1.54) is 31.2 Å². The Kier molecular flexibility index (Phi) is 5.78. The molecule has 0 aliphatic heterocycles. The predicted octanol–water partition coefficient (Wildman–Crippen LogP) is 3.80. The molecule has 1 amide bonds. The summed E-state index contributed by atoms with van der Waals surface area (Å²) >= 11 is 0. The molecule has 0 aliphatic carbocycles. The highest BCUT2D eigenvalue weighted by molar-refractivity contribution is 5.97. The van der Waals surface area contributed by atoms with Crippen LogP contribution < -0.4 is 5.32 Å². The molecule has 2 rings (SSSR count). The number of non-ortho nitro benzene ring substituents is 1. The summed E-state index contributed by atoms with van der Waals surface area (Å²) in [6.07, 6.45) is -5.77. The molecule has 1 atom stereocenters. The number of alkyl halides is 3. The van der Waals surface area contributed by atoms with Crippen LogP contribution in [-0.4, -0.2) is 22.9 Å². The van der Waals surface area contributed by atoms with Gasteiger partial charge in [-0.1, -0.05) is 0 Å². The average Bonchev–Trinajstić information content (AvgIpc) is 2.61. The van der Waals surface area contributed by atoms with Crippen molar-refractivity contribution >= 4 is 23.3 Å². The Morgan fingerprint density at radius 2 is 1.63 bits per heavy atom. The number of nitrogens with zero attached hydrogens (tertiary/aromatic N) is 1. The number of amides is 1. The van der Waals surface area contributed by atoms with Gasteiger partial charge in [-0.05, 0) is 43.3 Å². The number of halogens is 3. The smallest absolute Gasteiger partial charge is 0.416 e. The van der Waals surface area contributed by atoms with Gasteiger partial charge in [-0.15, -0.1) is 0 Å². The van der Waals surface area contributed by atoms with Gasteiger partial charge in [0.25, 0.3) is 11.6 Å². The molecule has 0 heterocycles. The Labute approximate surface area is 150 Å². The molecule has 0 spiro atoms. The van der Waals surface area contributed by atoms with Crippen LogP contribution in [0.1, 0.15) is 22.8 Å². The Morgan fingerprint density at radius 1 is 1.07 bits per heavy atom. The molecule has 2 aromatic rings. The lowest BCUT2D eigenvalue weighted by Crippen LogP contribution is -2.30. The molecule has 0 bridgehead atoms. The maximum Gasteiger partial charge on any atom is 0.416 e. The van der Waals surface area contributed by atoms with Gasteiger partial charge in [-0.25, -0.2) is 4.79 Å². The van der Waals surface area contributed by atoms with Crippen LogP contribution in [0.4, 0.5) is 24.5 Å². The largest absolute Gasteiger partial charge is 0.449 e. The van der Waals surface area contributed by atoms with Crippen LogP contribution in [0, 0.1) is 10.1 Å².